The van der Waals surface area contributed by atoms with Crippen molar-refractivity contribution in [3.05, 3.63) is 35.4 Å². The Labute approximate surface area is 76.8 Å². The van der Waals surface area contributed by atoms with Crippen LogP contribution in [-0.2, 0) is 0 Å². The number of hydrogen-bond acceptors (Lipinski definition) is 1. The molecule has 1 N–H and O–H groups in total. The van der Waals surface area contributed by atoms with Crippen LogP contribution in [0.1, 0.15) is 18.4 Å². The molecule has 1 nitrogen and oxygen atoms in total. The molecular weight excluding hydrogens is 172 g/mol. The van der Waals surface area contributed by atoms with Crippen LogP contribution in [0.3, 0.4) is 0 Å². The smallest absolute Gasteiger partial charge is 0.159 e. The monoisotopic (exact) mass is 185 g/mol. The molecule has 0 fully saturated rings. The minimum absolute atomic E-state index is 0.195. The highest BCUT2D eigenvalue weighted by molar-refractivity contribution is 5.21. The lowest BCUT2D eigenvalue weighted by atomic mass is 10.0. The van der Waals surface area contributed by atoms with Crippen molar-refractivity contribution in [3.63, 3.8) is 0 Å². The molecule has 0 aromatic heterocycles. The van der Waals surface area contributed by atoms with Gasteiger partial charge in [-0.3, -0.25) is 0 Å². The molecule has 0 spiro atoms. The zero-order valence-corrected chi connectivity index (χ0v) is 7.77. The van der Waals surface area contributed by atoms with Crippen molar-refractivity contribution in [2.45, 2.75) is 12.8 Å². The second-order valence-corrected chi connectivity index (χ2v) is 3.13. The SMILES string of the molecule is CNCC(C)c1ccc(F)c(F)c1. The molecule has 0 aliphatic rings. The van der Waals surface area contributed by atoms with Crippen LogP contribution in [0.5, 0.6) is 0 Å². The number of hydrogen-bond donors (Lipinski definition) is 1. The molecule has 1 rings (SSSR count). The van der Waals surface area contributed by atoms with Gasteiger partial charge in [-0.1, -0.05) is 13.0 Å². The van der Waals surface area contributed by atoms with Gasteiger partial charge in [0.25, 0.3) is 0 Å². The zero-order valence-electron chi connectivity index (χ0n) is 7.77. The molecular formula is C10H13F2N. The first-order valence-electron chi connectivity index (χ1n) is 4.24. The fourth-order valence-corrected chi connectivity index (χ4v) is 1.24. The van der Waals surface area contributed by atoms with Crippen LogP contribution in [0.25, 0.3) is 0 Å². The number of nitrogens with one attached hydrogen (secondary N) is 1. The van der Waals surface area contributed by atoms with Crippen LogP contribution >= 0.6 is 0 Å². The van der Waals surface area contributed by atoms with Crippen LogP contribution in [-0.4, -0.2) is 13.6 Å². The molecule has 1 aromatic carbocycles. The normalized spacial score (nSPS) is 12.9. The highest BCUT2D eigenvalue weighted by Gasteiger charge is 2.07. The maximum absolute atomic E-state index is 12.8. The summed E-state index contributed by atoms with van der Waals surface area (Å²) in [7, 11) is 1.83. The van der Waals surface area contributed by atoms with Crippen LogP contribution in [0.2, 0.25) is 0 Å². The summed E-state index contributed by atoms with van der Waals surface area (Å²) in [4.78, 5) is 0. The van der Waals surface area contributed by atoms with E-state index in [1.54, 1.807) is 6.07 Å². The number of benzene rings is 1. The Bertz CT molecular complexity index is 286. The lowest BCUT2D eigenvalue weighted by Gasteiger charge is -2.10. The summed E-state index contributed by atoms with van der Waals surface area (Å²) < 4.78 is 25.3. The van der Waals surface area contributed by atoms with E-state index in [4.69, 9.17) is 0 Å². The van der Waals surface area contributed by atoms with Gasteiger partial charge in [-0.2, -0.15) is 0 Å². The molecule has 0 amide bonds. The summed E-state index contributed by atoms with van der Waals surface area (Å²) >= 11 is 0. The Morgan fingerprint density at radius 2 is 2.00 bits per heavy atom. The molecule has 1 unspecified atom stereocenters. The summed E-state index contributed by atoms with van der Waals surface area (Å²) in [6, 6.07) is 4.02. The van der Waals surface area contributed by atoms with Crippen LogP contribution < -0.4 is 5.32 Å². The quantitative estimate of drug-likeness (QED) is 0.761. The maximum Gasteiger partial charge on any atom is 0.159 e. The van der Waals surface area contributed by atoms with Crippen molar-refractivity contribution in [1.82, 2.24) is 5.32 Å². The van der Waals surface area contributed by atoms with Crippen LogP contribution in [0.15, 0.2) is 18.2 Å². The third kappa shape index (κ3) is 2.49. The summed E-state index contributed by atoms with van der Waals surface area (Å²) in [6.07, 6.45) is 0. The number of halogens is 2. The summed E-state index contributed by atoms with van der Waals surface area (Å²) in [5, 5.41) is 2.98. The second kappa shape index (κ2) is 4.33. The Morgan fingerprint density at radius 1 is 1.31 bits per heavy atom. The van der Waals surface area contributed by atoms with Gasteiger partial charge in [-0.25, -0.2) is 8.78 Å². The second-order valence-electron chi connectivity index (χ2n) is 3.13. The third-order valence-corrected chi connectivity index (χ3v) is 2.02. The topological polar surface area (TPSA) is 12.0 Å². The molecule has 0 bridgehead atoms. The lowest BCUT2D eigenvalue weighted by molar-refractivity contribution is 0.505. The first-order chi connectivity index (χ1) is 6.15. The molecule has 0 heterocycles. The van der Waals surface area contributed by atoms with E-state index in [1.807, 2.05) is 14.0 Å². The number of likely N-dealkylation sites (N-methyl/N-ethyl adjacent to an activating group) is 1. The fourth-order valence-electron chi connectivity index (χ4n) is 1.24. The van der Waals surface area contributed by atoms with E-state index in [0.717, 1.165) is 18.2 Å². The van der Waals surface area contributed by atoms with Crippen molar-refractivity contribution >= 4 is 0 Å². The predicted octanol–water partition coefficient (Wildman–Crippen LogP) is 2.29. The molecule has 3 heteroatoms. The summed E-state index contributed by atoms with van der Waals surface area (Å²) in [5.74, 6) is -1.37. The van der Waals surface area contributed by atoms with E-state index in [-0.39, 0.29) is 5.92 Å². The highest BCUT2D eigenvalue weighted by Crippen LogP contribution is 2.16. The molecule has 0 aliphatic carbocycles. The van der Waals surface area contributed by atoms with Crippen molar-refractivity contribution in [2.24, 2.45) is 0 Å². The molecule has 13 heavy (non-hydrogen) atoms. The van der Waals surface area contributed by atoms with Crippen molar-refractivity contribution in [3.8, 4) is 0 Å². The van der Waals surface area contributed by atoms with Crippen molar-refractivity contribution in [2.75, 3.05) is 13.6 Å². The first kappa shape index (κ1) is 10.1. The van der Waals surface area contributed by atoms with Gasteiger partial charge in [-0.05, 0) is 30.7 Å². The molecule has 0 saturated carbocycles. The molecule has 0 aliphatic heterocycles. The van der Waals surface area contributed by atoms with E-state index in [0.29, 0.717) is 0 Å². The molecule has 1 atom stereocenters. The standard InChI is InChI=1S/C10H13F2N/c1-7(6-13-2)8-3-4-9(11)10(12)5-8/h3-5,7,13H,6H2,1-2H3. The molecule has 1 aromatic rings. The van der Waals surface area contributed by atoms with Gasteiger partial charge in [0.1, 0.15) is 0 Å². The van der Waals surface area contributed by atoms with Crippen LogP contribution in [0, 0.1) is 11.6 Å². The minimum Gasteiger partial charge on any atom is -0.319 e. The van der Waals surface area contributed by atoms with E-state index in [1.165, 1.54) is 6.07 Å². The van der Waals surface area contributed by atoms with Crippen LogP contribution in [0.4, 0.5) is 8.78 Å². The van der Waals surface area contributed by atoms with E-state index < -0.39 is 11.6 Å². The molecule has 0 radical (unpaired) electrons. The average molecular weight is 185 g/mol. The van der Waals surface area contributed by atoms with Gasteiger partial charge < -0.3 is 5.32 Å². The van der Waals surface area contributed by atoms with Crippen molar-refractivity contribution < 1.29 is 8.78 Å². The predicted molar refractivity (Wildman–Crippen MR) is 48.7 cm³/mol. The summed E-state index contributed by atoms with van der Waals surface area (Å²) in [5.41, 5.74) is 0.813. The Balaban J connectivity index is 2.84. The van der Waals surface area contributed by atoms with E-state index in [2.05, 4.69) is 5.32 Å². The Hall–Kier alpha value is -0.960. The molecule has 0 saturated heterocycles. The minimum atomic E-state index is -0.791. The zero-order chi connectivity index (χ0) is 9.84. The number of rotatable bonds is 3. The third-order valence-electron chi connectivity index (χ3n) is 2.02. The van der Waals surface area contributed by atoms with E-state index in [9.17, 15) is 8.78 Å². The average Bonchev–Trinajstić information content (AvgIpc) is 2.10. The lowest BCUT2D eigenvalue weighted by Crippen LogP contribution is -2.14. The Morgan fingerprint density at radius 3 is 2.54 bits per heavy atom. The maximum atomic E-state index is 12.8. The van der Waals surface area contributed by atoms with Gasteiger partial charge in [0.2, 0.25) is 0 Å². The van der Waals surface area contributed by atoms with Gasteiger partial charge >= 0.3 is 0 Å². The van der Waals surface area contributed by atoms with Gasteiger partial charge in [0, 0.05) is 6.54 Å². The first-order valence-corrected chi connectivity index (χ1v) is 4.24. The Kier molecular flexibility index (Phi) is 3.37. The summed E-state index contributed by atoms with van der Waals surface area (Å²) in [6.45, 7) is 2.72. The molecule has 72 valence electrons. The van der Waals surface area contributed by atoms with Crippen molar-refractivity contribution in [1.29, 1.82) is 0 Å². The van der Waals surface area contributed by atoms with E-state index >= 15 is 0 Å². The largest absolute Gasteiger partial charge is 0.319 e. The van der Waals surface area contributed by atoms with Gasteiger partial charge in [0.05, 0.1) is 0 Å². The fraction of sp³-hybridized carbons (Fsp3) is 0.400. The highest BCUT2D eigenvalue weighted by atomic mass is 19.2. The van der Waals surface area contributed by atoms with Gasteiger partial charge in [-0.15, -0.1) is 0 Å². The van der Waals surface area contributed by atoms with Gasteiger partial charge in [0.15, 0.2) is 11.6 Å².